The van der Waals surface area contributed by atoms with Gasteiger partial charge in [0.15, 0.2) is 5.78 Å². The zero-order chi connectivity index (χ0) is 15.4. The van der Waals surface area contributed by atoms with Crippen molar-refractivity contribution in [3.63, 3.8) is 0 Å². The number of hydrogen-bond donors (Lipinski definition) is 0. The van der Waals surface area contributed by atoms with E-state index in [9.17, 15) is 13.6 Å². The fraction of sp³-hybridized carbons (Fsp3) is 0.333. The van der Waals surface area contributed by atoms with Crippen LogP contribution in [0.4, 0.5) is 8.78 Å². The average molecular weight is 294 g/mol. The molecule has 6 heteroatoms. The number of rotatable bonds is 6. The quantitative estimate of drug-likeness (QED) is 0.769. The normalized spacial score (nSPS) is 10.9. The molecule has 1 aromatic heterocycles. The van der Waals surface area contributed by atoms with Gasteiger partial charge in [-0.3, -0.25) is 9.48 Å². The van der Waals surface area contributed by atoms with E-state index >= 15 is 0 Å². The molecular formula is C15H16F2N2O2. The third kappa shape index (κ3) is 3.87. The van der Waals surface area contributed by atoms with E-state index in [1.54, 1.807) is 11.7 Å². The van der Waals surface area contributed by atoms with E-state index in [1.165, 1.54) is 24.3 Å². The van der Waals surface area contributed by atoms with Crippen LogP contribution in [-0.4, -0.2) is 22.2 Å². The van der Waals surface area contributed by atoms with Crippen LogP contribution in [0, 0.1) is 0 Å². The minimum Gasteiger partial charge on any atom is -0.435 e. The van der Waals surface area contributed by atoms with Gasteiger partial charge in [-0.25, -0.2) is 0 Å². The monoisotopic (exact) mass is 294 g/mol. The molecule has 1 aromatic carbocycles. The van der Waals surface area contributed by atoms with Gasteiger partial charge in [0, 0.05) is 18.3 Å². The van der Waals surface area contributed by atoms with Crippen LogP contribution >= 0.6 is 0 Å². The van der Waals surface area contributed by atoms with Crippen LogP contribution in [0.3, 0.4) is 0 Å². The summed E-state index contributed by atoms with van der Waals surface area (Å²) in [7, 11) is 1.79. The maximum Gasteiger partial charge on any atom is 0.387 e. The lowest BCUT2D eigenvalue weighted by atomic mass is 10.1. The van der Waals surface area contributed by atoms with Gasteiger partial charge in [0.05, 0.1) is 12.1 Å². The molecule has 0 radical (unpaired) electrons. The molecule has 4 nitrogen and oxygen atoms in total. The topological polar surface area (TPSA) is 44.1 Å². The molecule has 0 spiro atoms. The summed E-state index contributed by atoms with van der Waals surface area (Å²) in [5, 5.41) is 4.28. The highest BCUT2D eigenvalue weighted by molar-refractivity contribution is 5.97. The number of halogens is 2. The molecule has 2 rings (SSSR count). The summed E-state index contributed by atoms with van der Waals surface area (Å²) in [6.07, 6.45) is 1.03. The molecule has 1 heterocycles. The van der Waals surface area contributed by atoms with Gasteiger partial charge in [0.25, 0.3) is 0 Å². The van der Waals surface area contributed by atoms with Gasteiger partial charge >= 0.3 is 6.61 Å². The first-order valence-corrected chi connectivity index (χ1v) is 6.59. The van der Waals surface area contributed by atoms with E-state index in [0.29, 0.717) is 5.56 Å². The number of hydrogen-bond acceptors (Lipinski definition) is 3. The summed E-state index contributed by atoms with van der Waals surface area (Å²) in [5.41, 5.74) is 2.21. The van der Waals surface area contributed by atoms with Gasteiger partial charge in [0.1, 0.15) is 5.75 Å². The molecule has 0 aliphatic heterocycles. The smallest absolute Gasteiger partial charge is 0.387 e. The van der Waals surface area contributed by atoms with Crippen molar-refractivity contribution in [1.82, 2.24) is 9.78 Å². The van der Waals surface area contributed by atoms with Gasteiger partial charge < -0.3 is 4.74 Å². The fourth-order valence-electron chi connectivity index (χ4n) is 2.00. The Kier molecular flexibility index (Phi) is 4.67. The number of benzene rings is 1. The van der Waals surface area contributed by atoms with Crippen molar-refractivity contribution in [3.8, 4) is 5.75 Å². The van der Waals surface area contributed by atoms with Crippen molar-refractivity contribution < 1.29 is 18.3 Å². The van der Waals surface area contributed by atoms with Crippen LogP contribution in [0.15, 0.2) is 30.3 Å². The molecule has 0 unspecified atom stereocenters. The molecule has 0 atom stereocenters. The Morgan fingerprint density at radius 3 is 2.52 bits per heavy atom. The molecule has 0 aliphatic rings. The molecule has 21 heavy (non-hydrogen) atoms. The molecular weight excluding hydrogens is 278 g/mol. The molecule has 0 fully saturated rings. The first-order valence-electron chi connectivity index (χ1n) is 6.59. The van der Waals surface area contributed by atoms with Crippen LogP contribution < -0.4 is 4.74 Å². The third-order valence-electron chi connectivity index (χ3n) is 3.13. The van der Waals surface area contributed by atoms with Crippen LogP contribution in [0.1, 0.15) is 28.7 Å². The van der Waals surface area contributed by atoms with Crippen molar-refractivity contribution in [1.29, 1.82) is 0 Å². The largest absolute Gasteiger partial charge is 0.435 e. The van der Waals surface area contributed by atoms with Crippen molar-refractivity contribution in [2.75, 3.05) is 0 Å². The summed E-state index contributed by atoms with van der Waals surface area (Å²) in [6.45, 7) is -0.871. The second kappa shape index (κ2) is 6.47. The molecule has 112 valence electrons. The number of carbonyl (C=O) groups excluding carboxylic acids is 1. The zero-order valence-electron chi connectivity index (χ0n) is 11.8. The number of alkyl halides is 2. The minimum atomic E-state index is -2.87. The minimum absolute atomic E-state index is 0.0374. The van der Waals surface area contributed by atoms with Crippen molar-refractivity contribution in [2.45, 2.75) is 26.4 Å². The van der Waals surface area contributed by atoms with Gasteiger partial charge in [-0.2, -0.15) is 13.9 Å². The Labute approximate surface area is 121 Å². The second-order valence-corrected chi connectivity index (χ2v) is 4.61. The predicted molar refractivity (Wildman–Crippen MR) is 73.7 cm³/mol. The predicted octanol–water partition coefficient (Wildman–Crippen LogP) is 3.01. The molecule has 0 N–H and O–H groups in total. The van der Waals surface area contributed by atoms with Gasteiger partial charge in [0.2, 0.25) is 0 Å². The average Bonchev–Trinajstić information content (AvgIpc) is 2.79. The third-order valence-corrected chi connectivity index (χ3v) is 3.13. The lowest BCUT2D eigenvalue weighted by molar-refractivity contribution is -0.0498. The number of ketones is 1. The Morgan fingerprint density at radius 1 is 1.33 bits per heavy atom. The first kappa shape index (κ1) is 15.2. The molecule has 0 saturated heterocycles. The number of Topliss-reactive ketones (excluding diaryl/α,β-unsaturated/α-hetero) is 1. The van der Waals surface area contributed by atoms with Gasteiger partial charge in [-0.15, -0.1) is 0 Å². The maximum atomic E-state index is 12.2. The van der Waals surface area contributed by atoms with Crippen LogP contribution in [-0.2, 0) is 19.9 Å². The van der Waals surface area contributed by atoms with E-state index in [0.717, 1.165) is 17.8 Å². The van der Waals surface area contributed by atoms with E-state index in [4.69, 9.17) is 0 Å². The summed E-state index contributed by atoms with van der Waals surface area (Å²) >= 11 is 0. The molecule has 0 amide bonds. The van der Waals surface area contributed by atoms with Crippen molar-refractivity contribution in [3.05, 3.63) is 47.3 Å². The SMILES string of the molecule is CCc1cc(CC(=O)c2ccc(OC(F)F)cc2)n(C)n1. The highest BCUT2D eigenvalue weighted by atomic mass is 19.3. The summed E-state index contributed by atoms with van der Waals surface area (Å²) in [6, 6.07) is 7.58. The number of aryl methyl sites for hydroxylation is 2. The van der Waals surface area contributed by atoms with Crippen LogP contribution in [0.5, 0.6) is 5.75 Å². The molecule has 0 bridgehead atoms. The number of aromatic nitrogens is 2. The van der Waals surface area contributed by atoms with E-state index in [2.05, 4.69) is 9.84 Å². The Balaban J connectivity index is 2.07. The lowest BCUT2D eigenvalue weighted by Crippen LogP contribution is -2.08. The number of ether oxygens (including phenoxy) is 1. The first-order chi connectivity index (χ1) is 9.99. The molecule has 0 aliphatic carbocycles. The molecule has 0 saturated carbocycles. The Hall–Kier alpha value is -2.24. The van der Waals surface area contributed by atoms with Crippen molar-refractivity contribution >= 4 is 5.78 Å². The highest BCUT2D eigenvalue weighted by Gasteiger charge is 2.12. The van der Waals surface area contributed by atoms with Crippen LogP contribution in [0.2, 0.25) is 0 Å². The van der Waals surface area contributed by atoms with Gasteiger partial charge in [-0.1, -0.05) is 6.92 Å². The summed E-state index contributed by atoms with van der Waals surface area (Å²) in [5.74, 6) is -0.0559. The highest BCUT2D eigenvalue weighted by Crippen LogP contribution is 2.16. The Morgan fingerprint density at radius 2 is 2.00 bits per heavy atom. The maximum absolute atomic E-state index is 12.2. The van der Waals surface area contributed by atoms with E-state index in [1.807, 2.05) is 13.0 Å². The standard InChI is InChI=1S/C15H16F2N2O2/c1-3-11-8-12(19(2)18-11)9-14(20)10-4-6-13(7-5-10)21-15(16)17/h4-8,15H,3,9H2,1-2H3. The lowest BCUT2D eigenvalue weighted by Gasteiger charge is -2.05. The summed E-state index contributed by atoms with van der Waals surface area (Å²) in [4.78, 5) is 12.2. The number of nitrogens with zero attached hydrogens (tertiary/aromatic N) is 2. The zero-order valence-corrected chi connectivity index (χ0v) is 11.8. The van der Waals surface area contributed by atoms with E-state index < -0.39 is 6.61 Å². The van der Waals surface area contributed by atoms with E-state index in [-0.39, 0.29) is 18.0 Å². The van der Waals surface area contributed by atoms with Gasteiger partial charge in [-0.05, 0) is 36.8 Å². The summed E-state index contributed by atoms with van der Waals surface area (Å²) < 4.78 is 30.0. The van der Waals surface area contributed by atoms with Crippen LogP contribution in [0.25, 0.3) is 0 Å². The molecule has 2 aromatic rings. The number of carbonyl (C=O) groups is 1. The second-order valence-electron chi connectivity index (χ2n) is 4.61. The fourth-order valence-corrected chi connectivity index (χ4v) is 2.00. The van der Waals surface area contributed by atoms with Crippen molar-refractivity contribution in [2.24, 2.45) is 7.05 Å². The Bertz CT molecular complexity index is 621.